The minimum atomic E-state index is 0.610. The Hall–Kier alpha value is -0.820. The number of benzene rings is 1. The molecule has 1 aromatic rings. The van der Waals surface area contributed by atoms with E-state index in [2.05, 4.69) is 56.4 Å². The van der Waals surface area contributed by atoms with Crippen LogP contribution in [-0.2, 0) is 0 Å². The molecule has 2 rings (SSSR count). The van der Waals surface area contributed by atoms with Gasteiger partial charge >= 0.3 is 0 Å². The second-order valence-corrected chi connectivity index (χ2v) is 6.11. The molecule has 0 radical (unpaired) electrons. The van der Waals surface area contributed by atoms with E-state index in [0.717, 1.165) is 0 Å². The Kier molecular flexibility index (Phi) is 4.82. The average Bonchev–Trinajstić information content (AvgIpc) is 2.40. The van der Waals surface area contributed by atoms with E-state index >= 15 is 0 Å². The predicted octanol–water partition coefficient (Wildman–Crippen LogP) is 4.35. The van der Waals surface area contributed by atoms with Crippen molar-refractivity contribution in [2.75, 3.05) is 0 Å². The van der Waals surface area contributed by atoms with Gasteiger partial charge in [0.05, 0.1) is 0 Å². The summed E-state index contributed by atoms with van der Waals surface area (Å²) in [4.78, 5) is 0. The highest BCUT2D eigenvalue weighted by molar-refractivity contribution is 5.22. The van der Waals surface area contributed by atoms with Crippen LogP contribution in [0.1, 0.15) is 57.9 Å². The molecule has 1 fully saturated rings. The van der Waals surface area contributed by atoms with Crippen molar-refractivity contribution in [3.63, 3.8) is 0 Å². The molecule has 18 heavy (non-hydrogen) atoms. The fraction of sp³-hybridized carbons (Fsp3) is 0.647. The molecule has 0 heterocycles. The average molecular weight is 245 g/mol. The zero-order chi connectivity index (χ0) is 13.0. The molecule has 0 bridgehead atoms. The van der Waals surface area contributed by atoms with Crippen LogP contribution in [0.15, 0.2) is 30.3 Å². The van der Waals surface area contributed by atoms with Crippen LogP contribution in [-0.4, -0.2) is 12.1 Å². The van der Waals surface area contributed by atoms with Crippen LogP contribution in [0.2, 0.25) is 0 Å². The third kappa shape index (κ3) is 3.35. The van der Waals surface area contributed by atoms with Gasteiger partial charge in [-0.05, 0) is 37.2 Å². The first kappa shape index (κ1) is 13.6. The number of rotatable bonds is 4. The van der Waals surface area contributed by atoms with E-state index in [1.165, 1.54) is 31.2 Å². The molecule has 0 aliphatic heterocycles. The van der Waals surface area contributed by atoms with Crippen molar-refractivity contribution in [3.8, 4) is 0 Å². The second-order valence-electron chi connectivity index (χ2n) is 6.11. The standard InChI is InChI=1S/C17H27N/c1-13(2)14(3)18-17-12-8-7-11-16(17)15-9-5-4-6-10-15/h4-6,9-10,13-14,16-18H,7-8,11-12H2,1-3H3. The number of hydrogen-bond donors (Lipinski definition) is 1. The SMILES string of the molecule is CC(C)C(C)NC1CCCCC1c1ccccc1. The Balaban J connectivity index is 2.07. The first-order valence-electron chi connectivity index (χ1n) is 7.49. The summed E-state index contributed by atoms with van der Waals surface area (Å²) in [5, 5.41) is 3.87. The van der Waals surface area contributed by atoms with Gasteiger partial charge < -0.3 is 5.32 Å². The topological polar surface area (TPSA) is 12.0 Å². The van der Waals surface area contributed by atoms with Crippen LogP contribution in [0.4, 0.5) is 0 Å². The van der Waals surface area contributed by atoms with E-state index in [1.54, 1.807) is 0 Å². The van der Waals surface area contributed by atoms with Gasteiger partial charge in [-0.25, -0.2) is 0 Å². The van der Waals surface area contributed by atoms with Gasteiger partial charge in [0, 0.05) is 12.1 Å². The minimum absolute atomic E-state index is 0.610. The largest absolute Gasteiger partial charge is 0.311 e. The van der Waals surface area contributed by atoms with Crippen molar-refractivity contribution in [1.29, 1.82) is 0 Å². The highest BCUT2D eigenvalue weighted by Gasteiger charge is 2.27. The van der Waals surface area contributed by atoms with Crippen LogP contribution >= 0.6 is 0 Å². The second kappa shape index (κ2) is 6.38. The highest BCUT2D eigenvalue weighted by atomic mass is 15.0. The summed E-state index contributed by atoms with van der Waals surface area (Å²) in [6.07, 6.45) is 5.43. The molecule has 1 saturated carbocycles. The molecule has 1 nitrogen and oxygen atoms in total. The maximum atomic E-state index is 3.87. The molecule has 0 saturated heterocycles. The zero-order valence-electron chi connectivity index (χ0n) is 12.0. The third-order valence-electron chi connectivity index (χ3n) is 4.47. The molecule has 1 heteroatoms. The molecule has 1 N–H and O–H groups in total. The van der Waals surface area contributed by atoms with Crippen LogP contribution < -0.4 is 5.32 Å². The lowest BCUT2D eigenvalue weighted by Crippen LogP contribution is -2.44. The quantitative estimate of drug-likeness (QED) is 0.831. The van der Waals surface area contributed by atoms with Gasteiger partial charge in [-0.15, -0.1) is 0 Å². The molecule has 1 aliphatic carbocycles. The zero-order valence-corrected chi connectivity index (χ0v) is 12.0. The van der Waals surface area contributed by atoms with Crippen LogP contribution in [0, 0.1) is 5.92 Å². The minimum Gasteiger partial charge on any atom is -0.311 e. The molecular formula is C17H27N. The summed E-state index contributed by atoms with van der Waals surface area (Å²) in [5.41, 5.74) is 1.52. The molecular weight excluding hydrogens is 218 g/mol. The molecule has 3 atom stereocenters. The van der Waals surface area contributed by atoms with Gasteiger partial charge in [-0.2, -0.15) is 0 Å². The van der Waals surface area contributed by atoms with Gasteiger partial charge in [0.15, 0.2) is 0 Å². The maximum Gasteiger partial charge on any atom is 0.0138 e. The maximum absolute atomic E-state index is 3.87. The Morgan fingerprint density at radius 1 is 1.00 bits per heavy atom. The van der Waals surface area contributed by atoms with E-state index in [4.69, 9.17) is 0 Å². The lowest BCUT2D eigenvalue weighted by atomic mass is 9.79. The van der Waals surface area contributed by atoms with Gasteiger partial charge in [0.1, 0.15) is 0 Å². The van der Waals surface area contributed by atoms with Gasteiger partial charge in [0.2, 0.25) is 0 Å². The molecule has 0 spiro atoms. The van der Waals surface area contributed by atoms with Crippen LogP contribution in [0.25, 0.3) is 0 Å². The van der Waals surface area contributed by atoms with Crippen molar-refractivity contribution < 1.29 is 0 Å². The lowest BCUT2D eigenvalue weighted by molar-refractivity contribution is 0.279. The Morgan fingerprint density at radius 3 is 2.33 bits per heavy atom. The Bertz CT molecular complexity index is 344. The van der Waals surface area contributed by atoms with Gasteiger partial charge in [-0.3, -0.25) is 0 Å². The monoisotopic (exact) mass is 245 g/mol. The summed E-state index contributed by atoms with van der Waals surface area (Å²) >= 11 is 0. The number of hydrogen-bond acceptors (Lipinski definition) is 1. The van der Waals surface area contributed by atoms with Gasteiger partial charge in [-0.1, -0.05) is 57.0 Å². The first-order chi connectivity index (χ1) is 8.68. The van der Waals surface area contributed by atoms with Crippen molar-refractivity contribution in [3.05, 3.63) is 35.9 Å². The van der Waals surface area contributed by atoms with Gasteiger partial charge in [0.25, 0.3) is 0 Å². The van der Waals surface area contributed by atoms with Crippen molar-refractivity contribution >= 4 is 0 Å². The smallest absolute Gasteiger partial charge is 0.0138 e. The fourth-order valence-electron chi connectivity index (χ4n) is 2.96. The molecule has 100 valence electrons. The molecule has 3 unspecified atom stereocenters. The van der Waals surface area contributed by atoms with Crippen LogP contribution in [0.3, 0.4) is 0 Å². The molecule has 1 aliphatic rings. The van der Waals surface area contributed by atoms with E-state index < -0.39 is 0 Å². The molecule has 0 aromatic heterocycles. The van der Waals surface area contributed by atoms with E-state index in [9.17, 15) is 0 Å². The normalized spacial score (nSPS) is 26.2. The summed E-state index contributed by atoms with van der Waals surface area (Å²) in [6, 6.07) is 12.3. The molecule has 1 aromatic carbocycles. The summed E-state index contributed by atoms with van der Waals surface area (Å²) in [7, 11) is 0. The summed E-state index contributed by atoms with van der Waals surface area (Å²) in [5.74, 6) is 1.42. The third-order valence-corrected chi connectivity index (χ3v) is 4.47. The van der Waals surface area contributed by atoms with E-state index in [0.29, 0.717) is 23.9 Å². The van der Waals surface area contributed by atoms with E-state index in [1.807, 2.05) is 0 Å². The Morgan fingerprint density at radius 2 is 1.67 bits per heavy atom. The first-order valence-corrected chi connectivity index (χ1v) is 7.49. The van der Waals surface area contributed by atoms with Crippen molar-refractivity contribution in [1.82, 2.24) is 5.32 Å². The van der Waals surface area contributed by atoms with E-state index in [-0.39, 0.29) is 0 Å². The number of nitrogens with one attached hydrogen (secondary N) is 1. The molecule has 0 amide bonds. The summed E-state index contributed by atoms with van der Waals surface area (Å²) in [6.45, 7) is 6.93. The van der Waals surface area contributed by atoms with Crippen molar-refractivity contribution in [2.45, 2.75) is 64.5 Å². The van der Waals surface area contributed by atoms with Crippen molar-refractivity contribution in [2.24, 2.45) is 5.92 Å². The summed E-state index contributed by atoms with van der Waals surface area (Å²) < 4.78 is 0. The predicted molar refractivity (Wildman–Crippen MR) is 78.9 cm³/mol. The lowest BCUT2D eigenvalue weighted by Gasteiger charge is -2.35. The Labute approximate surface area is 112 Å². The highest BCUT2D eigenvalue weighted by Crippen LogP contribution is 2.33. The van der Waals surface area contributed by atoms with Crippen LogP contribution in [0.5, 0.6) is 0 Å². The fourth-order valence-corrected chi connectivity index (χ4v) is 2.96.